The van der Waals surface area contributed by atoms with Crippen molar-refractivity contribution in [2.75, 3.05) is 20.3 Å². The maximum atomic E-state index is 10.2. The van der Waals surface area contributed by atoms with Crippen molar-refractivity contribution in [3.8, 4) is 5.75 Å². The third-order valence-electron chi connectivity index (χ3n) is 2.93. The van der Waals surface area contributed by atoms with Crippen LogP contribution in [0.15, 0.2) is 18.2 Å². The summed E-state index contributed by atoms with van der Waals surface area (Å²) in [7, 11) is 1.58. The van der Waals surface area contributed by atoms with E-state index in [1.807, 2.05) is 6.07 Å². The molecule has 0 saturated carbocycles. The fourth-order valence-electron chi connectivity index (χ4n) is 1.99. The van der Waals surface area contributed by atoms with Crippen LogP contribution in [0.25, 0.3) is 0 Å². The third kappa shape index (κ3) is 2.32. The van der Waals surface area contributed by atoms with E-state index in [9.17, 15) is 5.11 Å². The highest BCUT2D eigenvalue weighted by atomic mass is 35.5. The molecule has 88 valence electrons. The van der Waals surface area contributed by atoms with Crippen molar-refractivity contribution in [3.63, 3.8) is 0 Å². The van der Waals surface area contributed by atoms with Crippen LogP contribution >= 0.6 is 11.6 Å². The van der Waals surface area contributed by atoms with Gasteiger partial charge in [-0.15, -0.1) is 0 Å². The van der Waals surface area contributed by atoms with Gasteiger partial charge in [0.1, 0.15) is 5.75 Å². The monoisotopic (exact) mass is 242 g/mol. The van der Waals surface area contributed by atoms with Crippen molar-refractivity contribution in [2.24, 2.45) is 5.92 Å². The zero-order chi connectivity index (χ0) is 11.5. The quantitative estimate of drug-likeness (QED) is 0.885. The van der Waals surface area contributed by atoms with Crippen molar-refractivity contribution < 1.29 is 14.6 Å². The van der Waals surface area contributed by atoms with Crippen LogP contribution in [0, 0.1) is 5.92 Å². The second-order valence-corrected chi connectivity index (χ2v) is 4.39. The zero-order valence-electron chi connectivity index (χ0n) is 9.15. The topological polar surface area (TPSA) is 38.7 Å². The van der Waals surface area contributed by atoms with E-state index in [4.69, 9.17) is 21.1 Å². The van der Waals surface area contributed by atoms with Crippen molar-refractivity contribution in [2.45, 2.75) is 12.5 Å². The van der Waals surface area contributed by atoms with Crippen molar-refractivity contribution in [1.29, 1.82) is 0 Å². The molecule has 1 aromatic rings. The van der Waals surface area contributed by atoms with Gasteiger partial charge in [-0.25, -0.2) is 0 Å². The Morgan fingerprint density at radius 2 is 2.38 bits per heavy atom. The summed E-state index contributed by atoms with van der Waals surface area (Å²) >= 11 is 5.87. The van der Waals surface area contributed by atoms with E-state index in [-0.39, 0.29) is 5.92 Å². The smallest absolute Gasteiger partial charge is 0.126 e. The molecule has 2 rings (SSSR count). The Hall–Kier alpha value is -0.770. The Balaban J connectivity index is 2.24. The minimum Gasteiger partial charge on any atom is -0.496 e. The molecule has 2 unspecified atom stereocenters. The summed E-state index contributed by atoms with van der Waals surface area (Å²) in [4.78, 5) is 0. The van der Waals surface area contributed by atoms with Gasteiger partial charge in [0.05, 0.1) is 19.8 Å². The lowest BCUT2D eigenvalue weighted by Gasteiger charge is -2.19. The van der Waals surface area contributed by atoms with Crippen LogP contribution in [0.5, 0.6) is 5.75 Å². The molecule has 0 spiro atoms. The highest BCUT2D eigenvalue weighted by Crippen LogP contribution is 2.35. The van der Waals surface area contributed by atoms with Crippen LogP contribution in [0.1, 0.15) is 18.1 Å². The summed E-state index contributed by atoms with van der Waals surface area (Å²) in [6, 6.07) is 5.29. The average Bonchev–Trinajstić information content (AvgIpc) is 2.81. The fourth-order valence-corrected chi connectivity index (χ4v) is 2.15. The number of halogens is 1. The van der Waals surface area contributed by atoms with Crippen LogP contribution < -0.4 is 4.74 Å². The number of aliphatic hydroxyl groups excluding tert-OH is 1. The highest BCUT2D eigenvalue weighted by molar-refractivity contribution is 6.30. The van der Waals surface area contributed by atoms with Crippen molar-refractivity contribution in [1.82, 2.24) is 0 Å². The second-order valence-electron chi connectivity index (χ2n) is 3.95. The molecule has 16 heavy (non-hydrogen) atoms. The number of hydrogen-bond acceptors (Lipinski definition) is 3. The lowest BCUT2D eigenvalue weighted by atomic mass is 9.94. The van der Waals surface area contributed by atoms with E-state index >= 15 is 0 Å². The summed E-state index contributed by atoms with van der Waals surface area (Å²) in [5.74, 6) is 0.780. The van der Waals surface area contributed by atoms with Gasteiger partial charge in [-0.05, 0) is 18.6 Å². The summed E-state index contributed by atoms with van der Waals surface area (Å²) < 4.78 is 10.5. The molecule has 0 bridgehead atoms. The molecule has 1 aliphatic heterocycles. The normalized spacial score (nSPS) is 22.1. The number of hydrogen-bond donors (Lipinski definition) is 1. The van der Waals surface area contributed by atoms with Gasteiger partial charge >= 0.3 is 0 Å². The molecule has 0 radical (unpaired) electrons. The van der Waals surface area contributed by atoms with Gasteiger partial charge in [-0.1, -0.05) is 17.7 Å². The van der Waals surface area contributed by atoms with E-state index in [2.05, 4.69) is 0 Å². The standard InChI is InChI=1S/C12H15ClO3/c1-15-11-6-9(13)2-3-10(11)12(14)8-4-5-16-7-8/h2-3,6,8,12,14H,4-5,7H2,1H3. The number of ether oxygens (including phenoxy) is 2. The largest absolute Gasteiger partial charge is 0.496 e. The van der Waals surface area contributed by atoms with Gasteiger partial charge in [0.15, 0.2) is 0 Å². The Kier molecular flexibility index (Phi) is 3.69. The Morgan fingerprint density at radius 3 is 3.00 bits per heavy atom. The maximum Gasteiger partial charge on any atom is 0.126 e. The van der Waals surface area contributed by atoms with Gasteiger partial charge in [0.2, 0.25) is 0 Å². The Bertz CT molecular complexity index is 361. The second kappa shape index (κ2) is 5.04. The van der Waals surface area contributed by atoms with Crippen LogP contribution in [0.2, 0.25) is 5.02 Å². The van der Waals surface area contributed by atoms with Gasteiger partial charge in [-0.2, -0.15) is 0 Å². The van der Waals surface area contributed by atoms with Gasteiger partial charge in [0.25, 0.3) is 0 Å². The molecule has 0 amide bonds. The first-order chi connectivity index (χ1) is 7.72. The lowest BCUT2D eigenvalue weighted by molar-refractivity contribution is 0.0897. The van der Waals surface area contributed by atoms with Crippen LogP contribution in [-0.4, -0.2) is 25.4 Å². The first-order valence-corrected chi connectivity index (χ1v) is 5.69. The predicted molar refractivity (Wildman–Crippen MR) is 61.9 cm³/mol. The molecule has 3 nitrogen and oxygen atoms in total. The van der Waals surface area contributed by atoms with Gasteiger partial charge in [-0.3, -0.25) is 0 Å². The molecule has 2 atom stereocenters. The average molecular weight is 243 g/mol. The first kappa shape index (κ1) is 11.7. The number of rotatable bonds is 3. The molecule has 1 aromatic carbocycles. The number of methoxy groups -OCH3 is 1. The molecule has 4 heteroatoms. The molecule has 1 heterocycles. The summed E-state index contributed by atoms with van der Waals surface area (Å²) in [6.45, 7) is 1.32. The van der Waals surface area contributed by atoms with E-state index in [0.717, 1.165) is 18.6 Å². The van der Waals surface area contributed by atoms with Crippen molar-refractivity contribution in [3.05, 3.63) is 28.8 Å². The Morgan fingerprint density at radius 1 is 1.56 bits per heavy atom. The molecule has 1 fully saturated rings. The van der Waals surface area contributed by atoms with Gasteiger partial charge < -0.3 is 14.6 Å². The lowest BCUT2D eigenvalue weighted by Crippen LogP contribution is -2.13. The summed E-state index contributed by atoms with van der Waals surface area (Å²) in [5.41, 5.74) is 0.780. The molecule has 0 aromatic heterocycles. The minimum absolute atomic E-state index is 0.148. The summed E-state index contributed by atoms with van der Waals surface area (Å²) in [5, 5.41) is 10.8. The molecule has 1 saturated heterocycles. The third-order valence-corrected chi connectivity index (χ3v) is 3.16. The molecule has 1 N–H and O–H groups in total. The van der Waals surface area contributed by atoms with Crippen LogP contribution in [0.3, 0.4) is 0 Å². The first-order valence-electron chi connectivity index (χ1n) is 5.31. The number of benzene rings is 1. The Labute approximate surface area is 99.9 Å². The van der Waals surface area contributed by atoms with Crippen molar-refractivity contribution >= 4 is 11.6 Å². The molecular formula is C12H15ClO3. The highest BCUT2D eigenvalue weighted by Gasteiger charge is 2.27. The van der Waals surface area contributed by atoms with Gasteiger partial charge in [0, 0.05) is 23.1 Å². The van der Waals surface area contributed by atoms with E-state index in [1.54, 1.807) is 19.2 Å². The minimum atomic E-state index is -0.547. The zero-order valence-corrected chi connectivity index (χ0v) is 9.91. The van der Waals surface area contributed by atoms with E-state index in [1.165, 1.54) is 0 Å². The van der Waals surface area contributed by atoms with E-state index < -0.39 is 6.10 Å². The number of aliphatic hydroxyl groups is 1. The molecular weight excluding hydrogens is 228 g/mol. The molecule has 0 aliphatic carbocycles. The summed E-state index contributed by atoms with van der Waals surface area (Å²) in [6.07, 6.45) is 0.335. The van der Waals surface area contributed by atoms with Crippen LogP contribution in [0.4, 0.5) is 0 Å². The fraction of sp³-hybridized carbons (Fsp3) is 0.500. The SMILES string of the molecule is COc1cc(Cl)ccc1C(O)C1CCOC1. The molecule has 1 aliphatic rings. The maximum absolute atomic E-state index is 10.2. The van der Waals surface area contributed by atoms with Crippen LogP contribution in [-0.2, 0) is 4.74 Å². The predicted octanol–water partition coefficient (Wildman–Crippen LogP) is 2.42. The van der Waals surface area contributed by atoms with E-state index in [0.29, 0.717) is 17.4 Å².